The second-order valence-corrected chi connectivity index (χ2v) is 6.57. The summed E-state index contributed by atoms with van der Waals surface area (Å²) in [6.45, 7) is 10.9. The van der Waals surface area contributed by atoms with Crippen molar-refractivity contribution in [3.63, 3.8) is 0 Å². The maximum Gasteiger partial charge on any atom is 0.319 e. The summed E-state index contributed by atoms with van der Waals surface area (Å²) in [5.41, 5.74) is 4.14. The maximum absolute atomic E-state index is 12.0. The molecule has 0 aromatic heterocycles. The molecular formula is C21H28N2O3. The number of nitrogens with one attached hydrogen (secondary N) is 2. The van der Waals surface area contributed by atoms with Crippen LogP contribution in [-0.2, 0) is 0 Å². The van der Waals surface area contributed by atoms with Crippen LogP contribution in [0.1, 0.15) is 30.5 Å². The topological polar surface area (TPSA) is 59.6 Å². The van der Waals surface area contributed by atoms with Crippen molar-refractivity contribution in [3.05, 3.63) is 53.1 Å². The molecule has 2 amide bonds. The van der Waals surface area contributed by atoms with Crippen LogP contribution in [0.4, 0.5) is 10.5 Å². The third-order valence-corrected chi connectivity index (χ3v) is 3.99. The van der Waals surface area contributed by atoms with Gasteiger partial charge in [-0.25, -0.2) is 4.79 Å². The van der Waals surface area contributed by atoms with Gasteiger partial charge in [-0.3, -0.25) is 0 Å². The molecule has 2 aromatic carbocycles. The Bertz CT molecular complexity index is 740. The van der Waals surface area contributed by atoms with Crippen LogP contribution in [0.3, 0.4) is 0 Å². The predicted octanol–water partition coefficient (Wildman–Crippen LogP) is 4.60. The SMILES string of the molecule is Cc1ccc(C)c(OCCNC(=O)Nc2ccc(OC(C)C)cc2)c1C. The van der Waals surface area contributed by atoms with Crippen LogP contribution in [-0.4, -0.2) is 25.3 Å². The standard InChI is InChI=1S/C21H28N2O3/c1-14(2)26-19-10-8-18(9-11-19)23-21(24)22-12-13-25-20-16(4)7-6-15(3)17(20)5/h6-11,14H,12-13H2,1-5H3,(H2,22,23,24). The summed E-state index contributed by atoms with van der Waals surface area (Å²) >= 11 is 0. The van der Waals surface area contributed by atoms with Crippen LogP contribution in [0.2, 0.25) is 0 Å². The Balaban J connectivity index is 1.76. The highest BCUT2D eigenvalue weighted by molar-refractivity contribution is 5.89. The van der Waals surface area contributed by atoms with E-state index in [0.717, 1.165) is 22.6 Å². The number of rotatable bonds is 7. The van der Waals surface area contributed by atoms with Crippen LogP contribution in [0.15, 0.2) is 36.4 Å². The molecule has 0 radical (unpaired) electrons. The summed E-state index contributed by atoms with van der Waals surface area (Å²) in [6.07, 6.45) is 0.123. The average Bonchev–Trinajstić information content (AvgIpc) is 2.59. The van der Waals surface area contributed by atoms with Gasteiger partial charge in [0.05, 0.1) is 12.6 Å². The molecular weight excluding hydrogens is 328 g/mol. The minimum absolute atomic E-state index is 0.123. The van der Waals surface area contributed by atoms with E-state index in [2.05, 4.69) is 23.6 Å². The molecule has 2 N–H and O–H groups in total. The van der Waals surface area contributed by atoms with Gasteiger partial charge in [0.1, 0.15) is 18.1 Å². The van der Waals surface area contributed by atoms with Crippen molar-refractivity contribution in [3.8, 4) is 11.5 Å². The molecule has 2 aromatic rings. The van der Waals surface area contributed by atoms with E-state index in [9.17, 15) is 4.79 Å². The minimum atomic E-state index is -0.260. The monoisotopic (exact) mass is 356 g/mol. The van der Waals surface area contributed by atoms with Gasteiger partial charge < -0.3 is 20.1 Å². The number of amides is 2. The summed E-state index contributed by atoms with van der Waals surface area (Å²) in [4.78, 5) is 12.0. The summed E-state index contributed by atoms with van der Waals surface area (Å²) in [7, 11) is 0. The van der Waals surface area contributed by atoms with Crippen LogP contribution in [0.25, 0.3) is 0 Å². The van der Waals surface area contributed by atoms with Crippen LogP contribution in [0, 0.1) is 20.8 Å². The van der Waals surface area contributed by atoms with Crippen molar-refractivity contribution in [1.82, 2.24) is 5.32 Å². The highest BCUT2D eigenvalue weighted by Crippen LogP contribution is 2.25. The summed E-state index contributed by atoms with van der Waals surface area (Å²) in [5, 5.41) is 5.59. The fourth-order valence-corrected chi connectivity index (χ4v) is 2.53. The fourth-order valence-electron chi connectivity index (χ4n) is 2.53. The van der Waals surface area contributed by atoms with Gasteiger partial charge in [-0.05, 0) is 75.6 Å². The first-order chi connectivity index (χ1) is 12.4. The van der Waals surface area contributed by atoms with Gasteiger partial charge in [0.15, 0.2) is 0 Å². The molecule has 0 saturated heterocycles. The Labute approximate surface area is 155 Å². The Morgan fingerprint density at radius 3 is 2.31 bits per heavy atom. The summed E-state index contributed by atoms with van der Waals surface area (Å²) in [6, 6.07) is 11.2. The fraction of sp³-hybridized carbons (Fsp3) is 0.381. The summed E-state index contributed by atoms with van der Waals surface area (Å²) in [5.74, 6) is 1.68. The lowest BCUT2D eigenvalue weighted by Gasteiger charge is -2.14. The average molecular weight is 356 g/mol. The predicted molar refractivity (Wildman–Crippen MR) is 105 cm³/mol. The number of carbonyl (C=O) groups excluding carboxylic acids is 1. The van der Waals surface area contributed by atoms with Crippen LogP contribution in [0.5, 0.6) is 11.5 Å². The van der Waals surface area contributed by atoms with Gasteiger partial charge in [-0.2, -0.15) is 0 Å². The molecule has 2 rings (SSSR count). The highest BCUT2D eigenvalue weighted by atomic mass is 16.5. The number of aryl methyl sites for hydroxylation is 2. The Morgan fingerprint density at radius 1 is 1.00 bits per heavy atom. The highest BCUT2D eigenvalue weighted by Gasteiger charge is 2.07. The lowest BCUT2D eigenvalue weighted by Crippen LogP contribution is -2.32. The molecule has 0 saturated carbocycles. The molecule has 0 heterocycles. The van der Waals surface area contributed by atoms with Crippen molar-refractivity contribution in [2.75, 3.05) is 18.5 Å². The van der Waals surface area contributed by atoms with Gasteiger partial charge >= 0.3 is 6.03 Å². The Kier molecular flexibility index (Phi) is 6.89. The van der Waals surface area contributed by atoms with Gasteiger partial charge in [0.2, 0.25) is 0 Å². The molecule has 0 fully saturated rings. The van der Waals surface area contributed by atoms with Gasteiger partial charge in [0, 0.05) is 5.69 Å². The van der Waals surface area contributed by atoms with Gasteiger partial charge in [0.25, 0.3) is 0 Å². The van der Waals surface area contributed by atoms with E-state index in [1.54, 1.807) is 0 Å². The van der Waals surface area contributed by atoms with E-state index in [-0.39, 0.29) is 12.1 Å². The van der Waals surface area contributed by atoms with Gasteiger partial charge in [-0.1, -0.05) is 12.1 Å². The number of benzene rings is 2. The minimum Gasteiger partial charge on any atom is -0.491 e. The molecule has 140 valence electrons. The lowest BCUT2D eigenvalue weighted by molar-refractivity contribution is 0.242. The van der Waals surface area contributed by atoms with Crippen LogP contribution >= 0.6 is 0 Å². The van der Waals surface area contributed by atoms with Crippen molar-refractivity contribution in [1.29, 1.82) is 0 Å². The zero-order chi connectivity index (χ0) is 19.1. The van der Waals surface area contributed by atoms with Gasteiger partial charge in [-0.15, -0.1) is 0 Å². The largest absolute Gasteiger partial charge is 0.491 e. The zero-order valence-corrected chi connectivity index (χ0v) is 16.2. The molecule has 0 aliphatic rings. The normalized spacial score (nSPS) is 10.5. The van der Waals surface area contributed by atoms with E-state index >= 15 is 0 Å². The second kappa shape index (κ2) is 9.13. The number of ether oxygens (including phenoxy) is 2. The van der Waals surface area contributed by atoms with Crippen LogP contribution < -0.4 is 20.1 Å². The molecule has 0 bridgehead atoms. The first-order valence-corrected chi connectivity index (χ1v) is 8.88. The Hall–Kier alpha value is -2.69. The number of carbonyl (C=O) groups is 1. The second-order valence-electron chi connectivity index (χ2n) is 6.57. The number of urea groups is 1. The first kappa shape index (κ1) is 19.6. The first-order valence-electron chi connectivity index (χ1n) is 8.88. The molecule has 26 heavy (non-hydrogen) atoms. The van der Waals surface area contributed by atoms with Crippen molar-refractivity contribution in [2.24, 2.45) is 0 Å². The maximum atomic E-state index is 12.0. The van der Waals surface area contributed by atoms with E-state index in [4.69, 9.17) is 9.47 Å². The van der Waals surface area contributed by atoms with E-state index in [0.29, 0.717) is 18.8 Å². The van der Waals surface area contributed by atoms with E-state index in [1.165, 1.54) is 5.56 Å². The quantitative estimate of drug-likeness (QED) is 0.713. The third-order valence-electron chi connectivity index (χ3n) is 3.99. The Morgan fingerprint density at radius 2 is 1.65 bits per heavy atom. The van der Waals surface area contributed by atoms with E-state index in [1.807, 2.05) is 58.0 Å². The van der Waals surface area contributed by atoms with Crippen molar-refractivity contribution < 1.29 is 14.3 Å². The zero-order valence-electron chi connectivity index (χ0n) is 16.2. The third kappa shape index (κ3) is 5.69. The summed E-state index contributed by atoms with van der Waals surface area (Å²) < 4.78 is 11.4. The van der Waals surface area contributed by atoms with Crippen molar-refractivity contribution in [2.45, 2.75) is 40.7 Å². The number of anilines is 1. The lowest BCUT2D eigenvalue weighted by atomic mass is 10.1. The molecule has 0 aliphatic carbocycles. The molecule has 5 heteroatoms. The molecule has 0 aliphatic heterocycles. The number of hydrogen-bond donors (Lipinski definition) is 2. The van der Waals surface area contributed by atoms with E-state index < -0.39 is 0 Å². The molecule has 0 unspecified atom stereocenters. The molecule has 0 spiro atoms. The molecule has 0 atom stereocenters. The van der Waals surface area contributed by atoms with Crippen molar-refractivity contribution >= 4 is 11.7 Å². The molecule has 5 nitrogen and oxygen atoms in total. The number of hydrogen-bond acceptors (Lipinski definition) is 3. The smallest absolute Gasteiger partial charge is 0.319 e.